The Balaban J connectivity index is 2.42. The van der Waals surface area contributed by atoms with Crippen LogP contribution in [0.2, 0.25) is 10.0 Å². The van der Waals surface area contributed by atoms with Crippen molar-refractivity contribution in [3.8, 4) is 0 Å². The Bertz CT molecular complexity index is 549. The molecular formula is C15H19Cl2N3. The van der Waals surface area contributed by atoms with Crippen LogP contribution in [0.5, 0.6) is 0 Å². The van der Waals surface area contributed by atoms with Crippen molar-refractivity contribution in [2.75, 3.05) is 6.54 Å². The lowest BCUT2D eigenvalue weighted by Gasteiger charge is -2.20. The molecule has 0 radical (unpaired) electrons. The summed E-state index contributed by atoms with van der Waals surface area (Å²) < 4.78 is 1.98. The molecule has 1 unspecified atom stereocenters. The van der Waals surface area contributed by atoms with Gasteiger partial charge >= 0.3 is 0 Å². The third-order valence-corrected chi connectivity index (χ3v) is 3.70. The first-order valence-corrected chi connectivity index (χ1v) is 7.63. The van der Waals surface area contributed by atoms with Crippen molar-refractivity contribution in [3.05, 3.63) is 51.8 Å². The van der Waals surface area contributed by atoms with Crippen LogP contribution >= 0.6 is 23.2 Å². The molecule has 0 saturated carbocycles. The van der Waals surface area contributed by atoms with Crippen molar-refractivity contribution in [2.45, 2.75) is 32.9 Å². The van der Waals surface area contributed by atoms with Gasteiger partial charge in [-0.3, -0.25) is 4.68 Å². The van der Waals surface area contributed by atoms with Crippen molar-refractivity contribution in [2.24, 2.45) is 0 Å². The quantitative estimate of drug-likeness (QED) is 0.862. The van der Waals surface area contributed by atoms with Crippen LogP contribution in [0.3, 0.4) is 0 Å². The lowest BCUT2D eigenvalue weighted by Crippen LogP contribution is -2.25. The van der Waals surface area contributed by atoms with Gasteiger partial charge in [0.1, 0.15) is 0 Å². The first-order valence-electron chi connectivity index (χ1n) is 6.87. The van der Waals surface area contributed by atoms with Gasteiger partial charge in [0.2, 0.25) is 0 Å². The van der Waals surface area contributed by atoms with Crippen molar-refractivity contribution < 1.29 is 0 Å². The van der Waals surface area contributed by atoms with Gasteiger partial charge < -0.3 is 5.32 Å². The maximum Gasteiger partial charge on any atom is 0.0837 e. The molecule has 108 valence electrons. The van der Waals surface area contributed by atoms with Crippen LogP contribution in [0.25, 0.3) is 0 Å². The Morgan fingerprint density at radius 1 is 1.20 bits per heavy atom. The average molecular weight is 312 g/mol. The van der Waals surface area contributed by atoms with Gasteiger partial charge in [-0.1, -0.05) is 49.2 Å². The number of rotatable bonds is 6. The molecule has 0 aliphatic carbocycles. The Hall–Kier alpha value is -1.03. The van der Waals surface area contributed by atoms with E-state index in [9.17, 15) is 0 Å². The normalized spacial score (nSPS) is 12.6. The van der Waals surface area contributed by atoms with E-state index < -0.39 is 0 Å². The molecule has 0 fully saturated rings. The highest BCUT2D eigenvalue weighted by molar-refractivity contribution is 6.31. The van der Waals surface area contributed by atoms with Crippen LogP contribution < -0.4 is 5.32 Å². The van der Waals surface area contributed by atoms with Crippen molar-refractivity contribution >= 4 is 23.2 Å². The minimum Gasteiger partial charge on any atom is -0.305 e. The van der Waals surface area contributed by atoms with Gasteiger partial charge in [0.25, 0.3) is 0 Å². The summed E-state index contributed by atoms with van der Waals surface area (Å²) in [6.45, 7) is 5.92. The average Bonchev–Trinajstić information content (AvgIpc) is 2.79. The molecule has 2 rings (SSSR count). The zero-order valence-corrected chi connectivity index (χ0v) is 13.2. The number of benzene rings is 1. The molecule has 1 aromatic heterocycles. The highest BCUT2D eigenvalue weighted by Crippen LogP contribution is 2.29. The van der Waals surface area contributed by atoms with E-state index in [4.69, 9.17) is 23.2 Å². The largest absolute Gasteiger partial charge is 0.305 e. The second-order valence-electron chi connectivity index (χ2n) is 4.64. The van der Waals surface area contributed by atoms with Crippen LogP contribution in [0.4, 0.5) is 0 Å². The number of hydrogen-bond donors (Lipinski definition) is 1. The lowest BCUT2D eigenvalue weighted by molar-refractivity contribution is 0.520. The predicted molar refractivity (Wildman–Crippen MR) is 84.5 cm³/mol. The molecular weight excluding hydrogens is 293 g/mol. The zero-order chi connectivity index (χ0) is 14.5. The molecule has 5 heteroatoms. The first-order chi connectivity index (χ1) is 9.67. The second-order valence-corrected chi connectivity index (χ2v) is 5.49. The van der Waals surface area contributed by atoms with Gasteiger partial charge in [-0.05, 0) is 30.7 Å². The molecule has 20 heavy (non-hydrogen) atoms. The van der Waals surface area contributed by atoms with Gasteiger partial charge in [-0.25, -0.2) is 0 Å². The summed E-state index contributed by atoms with van der Waals surface area (Å²) in [4.78, 5) is 0. The van der Waals surface area contributed by atoms with Gasteiger partial charge in [-0.2, -0.15) is 5.10 Å². The van der Waals surface area contributed by atoms with Crippen LogP contribution in [0, 0.1) is 0 Å². The molecule has 2 aromatic rings. The third kappa shape index (κ3) is 3.35. The SMILES string of the molecule is CCCn1ncc(Cl)c1C(NCC)c1ccc(Cl)cc1. The van der Waals surface area contributed by atoms with Crippen LogP contribution in [0.15, 0.2) is 30.5 Å². The van der Waals surface area contributed by atoms with Gasteiger partial charge in [0.05, 0.1) is 23.0 Å². The summed E-state index contributed by atoms with van der Waals surface area (Å²) >= 11 is 12.3. The van der Waals surface area contributed by atoms with E-state index in [0.29, 0.717) is 5.02 Å². The molecule has 1 atom stereocenters. The predicted octanol–water partition coefficient (Wildman–Crippen LogP) is 4.30. The fourth-order valence-electron chi connectivity index (χ4n) is 2.28. The van der Waals surface area contributed by atoms with Gasteiger partial charge in [-0.15, -0.1) is 0 Å². The number of aromatic nitrogens is 2. The van der Waals surface area contributed by atoms with E-state index in [2.05, 4.69) is 24.3 Å². The smallest absolute Gasteiger partial charge is 0.0837 e. The molecule has 1 N–H and O–H groups in total. The van der Waals surface area contributed by atoms with E-state index in [0.717, 1.165) is 35.8 Å². The molecule has 1 aromatic carbocycles. The highest BCUT2D eigenvalue weighted by atomic mass is 35.5. The maximum atomic E-state index is 6.34. The first kappa shape index (κ1) is 15.4. The van der Waals surface area contributed by atoms with Crippen LogP contribution in [-0.2, 0) is 6.54 Å². The van der Waals surface area contributed by atoms with Crippen LogP contribution in [0.1, 0.15) is 37.6 Å². The topological polar surface area (TPSA) is 29.9 Å². The number of nitrogens with one attached hydrogen (secondary N) is 1. The van der Waals surface area contributed by atoms with Gasteiger partial charge in [0.15, 0.2) is 0 Å². The van der Waals surface area contributed by atoms with Gasteiger partial charge in [0, 0.05) is 11.6 Å². The number of aryl methyl sites for hydroxylation is 1. The number of nitrogens with zero attached hydrogens (tertiary/aromatic N) is 2. The Labute approximate surface area is 129 Å². The fourth-order valence-corrected chi connectivity index (χ4v) is 2.66. The Morgan fingerprint density at radius 2 is 1.90 bits per heavy atom. The van der Waals surface area contributed by atoms with Crippen molar-refractivity contribution in [3.63, 3.8) is 0 Å². The summed E-state index contributed by atoms with van der Waals surface area (Å²) in [6.07, 6.45) is 2.73. The summed E-state index contributed by atoms with van der Waals surface area (Å²) in [5, 5.41) is 9.27. The summed E-state index contributed by atoms with van der Waals surface area (Å²) in [5.74, 6) is 0. The monoisotopic (exact) mass is 311 g/mol. The summed E-state index contributed by atoms with van der Waals surface area (Å²) in [6, 6.07) is 7.87. The molecule has 3 nitrogen and oxygen atoms in total. The maximum absolute atomic E-state index is 6.34. The molecule has 1 heterocycles. The van der Waals surface area contributed by atoms with E-state index in [1.165, 1.54) is 0 Å². The molecule has 0 saturated heterocycles. The standard InChI is InChI=1S/C15H19Cl2N3/c1-3-9-20-15(13(17)10-19-20)14(18-4-2)11-5-7-12(16)8-6-11/h5-8,10,14,18H,3-4,9H2,1-2H3. The molecule has 0 aliphatic rings. The third-order valence-electron chi connectivity index (χ3n) is 3.15. The molecule has 0 amide bonds. The number of hydrogen-bond acceptors (Lipinski definition) is 2. The molecule has 0 aliphatic heterocycles. The van der Waals surface area contributed by atoms with E-state index in [1.807, 2.05) is 28.9 Å². The molecule has 0 bridgehead atoms. The van der Waals surface area contributed by atoms with Crippen LogP contribution in [-0.4, -0.2) is 16.3 Å². The Kier molecular flexibility index (Phi) is 5.46. The van der Waals surface area contributed by atoms with E-state index in [-0.39, 0.29) is 6.04 Å². The fraction of sp³-hybridized carbons (Fsp3) is 0.400. The molecule has 0 spiro atoms. The summed E-state index contributed by atoms with van der Waals surface area (Å²) in [5.41, 5.74) is 2.15. The summed E-state index contributed by atoms with van der Waals surface area (Å²) in [7, 11) is 0. The second kappa shape index (κ2) is 7.11. The van der Waals surface area contributed by atoms with E-state index in [1.54, 1.807) is 6.20 Å². The lowest BCUT2D eigenvalue weighted by atomic mass is 10.0. The Morgan fingerprint density at radius 3 is 2.50 bits per heavy atom. The van der Waals surface area contributed by atoms with Crippen molar-refractivity contribution in [1.82, 2.24) is 15.1 Å². The minimum atomic E-state index is 0.0267. The van der Waals surface area contributed by atoms with E-state index >= 15 is 0 Å². The number of halogens is 2. The highest BCUT2D eigenvalue weighted by Gasteiger charge is 2.21. The minimum absolute atomic E-state index is 0.0267. The zero-order valence-electron chi connectivity index (χ0n) is 11.7. The van der Waals surface area contributed by atoms with Crippen molar-refractivity contribution in [1.29, 1.82) is 0 Å².